The van der Waals surface area contributed by atoms with E-state index in [0.717, 1.165) is 32.5 Å². The van der Waals surface area contributed by atoms with Crippen LogP contribution in [0.3, 0.4) is 0 Å². The minimum Gasteiger partial charge on any atom is -0.474 e. The predicted octanol–water partition coefficient (Wildman–Crippen LogP) is 1.94. The van der Waals surface area contributed by atoms with Gasteiger partial charge in [0.05, 0.1) is 6.10 Å². The van der Waals surface area contributed by atoms with Gasteiger partial charge in [0.25, 0.3) is 5.91 Å². The highest BCUT2D eigenvalue weighted by atomic mass is 16.5. The Morgan fingerprint density at radius 2 is 2.19 bits per heavy atom. The van der Waals surface area contributed by atoms with E-state index in [9.17, 15) is 4.79 Å². The number of carbonyl (C=O) groups excluding carboxylic acids is 1. The van der Waals surface area contributed by atoms with E-state index in [1.807, 2.05) is 13.8 Å². The van der Waals surface area contributed by atoms with E-state index in [1.54, 1.807) is 18.3 Å². The molecule has 1 fully saturated rings. The molecule has 0 aliphatic carbocycles. The van der Waals surface area contributed by atoms with Crippen LogP contribution >= 0.6 is 0 Å². The van der Waals surface area contributed by atoms with Crippen LogP contribution in [-0.4, -0.2) is 48.6 Å². The molecular formula is C16H25N3O2. The maximum absolute atomic E-state index is 12.3. The summed E-state index contributed by atoms with van der Waals surface area (Å²) in [4.78, 5) is 18.8. The van der Waals surface area contributed by atoms with E-state index in [4.69, 9.17) is 4.74 Å². The molecule has 21 heavy (non-hydrogen) atoms. The van der Waals surface area contributed by atoms with E-state index in [1.165, 1.54) is 0 Å². The fourth-order valence-corrected chi connectivity index (χ4v) is 2.48. The van der Waals surface area contributed by atoms with Gasteiger partial charge in [-0.2, -0.15) is 0 Å². The second-order valence-electron chi connectivity index (χ2n) is 5.98. The Morgan fingerprint density at radius 3 is 2.86 bits per heavy atom. The average Bonchev–Trinajstić information content (AvgIpc) is 2.46. The van der Waals surface area contributed by atoms with Crippen LogP contribution in [0.1, 0.15) is 37.0 Å². The number of nitrogens with one attached hydrogen (secondary N) is 1. The van der Waals surface area contributed by atoms with Crippen molar-refractivity contribution in [2.75, 3.05) is 26.7 Å². The first-order valence-electron chi connectivity index (χ1n) is 7.64. The maximum atomic E-state index is 12.3. The summed E-state index contributed by atoms with van der Waals surface area (Å²) in [6.45, 7) is 6.79. The summed E-state index contributed by atoms with van der Waals surface area (Å²) < 4.78 is 5.59. The summed E-state index contributed by atoms with van der Waals surface area (Å²) in [5.74, 6) is 0.877. The van der Waals surface area contributed by atoms with Crippen molar-refractivity contribution in [3.8, 4) is 5.88 Å². The van der Waals surface area contributed by atoms with Gasteiger partial charge in [-0.15, -0.1) is 0 Å². The van der Waals surface area contributed by atoms with Gasteiger partial charge in [0.1, 0.15) is 5.56 Å². The third-order valence-electron chi connectivity index (χ3n) is 3.75. The number of ether oxygens (including phenoxy) is 1. The Hall–Kier alpha value is -1.62. The Morgan fingerprint density at radius 1 is 1.48 bits per heavy atom. The Balaban J connectivity index is 1.91. The molecule has 5 nitrogen and oxygen atoms in total. The van der Waals surface area contributed by atoms with E-state index in [0.29, 0.717) is 17.4 Å². The first kappa shape index (κ1) is 15.8. The molecule has 1 aliphatic rings. The topological polar surface area (TPSA) is 54.5 Å². The summed E-state index contributed by atoms with van der Waals surface area (Å²) in [5, 5.41) is 3.02. The lowest BCUT2D eigenvalue weighted by Gasteiger charge is -2.29. The first-order chi connectivity index (χ1) is 10.1. The highest BCUT2D eigenvalue weighted by Gasteiger charge is 2.19. The van der Waals surface area contributed by atoms with Crippen molar-refractivity contribution in [2.24, 2.45) is 5.92 Å². The van der Waals surface area contributed by atoms with Crippen molar-refractivity contribution >= 4 is 5.91 Å². The van der Waals surface area contributed by atoms with Gasteiger partial charge >= 0.3 is 0 Å². The fraction of sp³-hybridized carbons (Fsp3) is 0.625. The van der Waals surface area contributed by atoms with E-state index in [-0.39, 0.29) is 12.0 Å². The molecule has 5 heteroatoms. The van der Waals surface area contributed by atoms with E-state index < -0.39 is 0 Å². The molecule has 0 saturated carbocycles. The number of nitrogens with zero attached hydrogens (tertiary/aromatic N) is 2. The fourth-order valence-electron chi connectivity index (χ4n) is 2.48. The van der Waals surface area contributed by atoms with Crippen LogP contribution in [0.2, 0.25) is 0 Å². The molecule has 1 aliphatic heterocycles. The molecule has 0 radical (unpaired) electrons. The summed E-state index contributed by atoms with van der Waals surface area (Å²) in [6.07, 6.45) is 3.92. The molecule has 1 N–H and O–H groups in total. The minimum atomic E-state index is -0.0994. The predicted molar refractivity (Wildman–Crippen MR) is 82.6 cm³/mol. The normalized spacial score (nSPS) is 17.0. The van der Waals surface area contributed by atoms with Crippen molar-refractivity contribution in [2.45, 2.75) is 32.8 Å². The first-order valence-corrected chi connectivity index (χ1v) is 7.64. The van der Waals surface area contributed by atoms with Crippen LogP contribution in [-0.2, 0) is 0 Å². The molecule has 0 unspecified atom stereocenters. The second-order valence-corrected chi connectivity index (χ2v) is 5.98. The third kappa shape index (κ3) is 4.70. The molecule has 116 valence electrons. The number of likely N-dealkylation sites (tertiary alicyclic amines) is 1. The molecule has 2 rings (SSSR count). The van der Waals surface area contributed by atoms with Crippen molar-refractivity contribution in [3.05, 3.63) is 23.9 Å². The van der Waals surface area contributed by atoms with Crippen LogP contribution in [0.4, 0.5) is 0 Å². The molecule has 2 heterocycles. The lowest BCUT2D eigenvalue weighted by atomic mass is 9.97. The van der Waals surface area contributed by atoms with Crippen LogP contribution in [0.25, 0.3) is 0 Å². The number of piperidine rings is 1. The number of aromatic nitrogens is 1. The zero-order valence-electron chi connectivity index (χ0n) is 13.1. The number of pyridine rings is 1. The zero-order valence-corrected chi connectivity index (χ0v) is 13.1. The van der Waals surface area contributed by atoms with E-state index in [2.05, 4.69) is 22.2 Å². The Labute approximate surface area is 126 Å². The van der Waals surface area contributed by atoms with Gasteiger partial charge in [-0.05, 0) is 64.9 Å². The second kappa shape index (κ2) is 7.41. The molecule has 1 saturated heterocycles. The molecular weight excluding hydrogens is 266 g/mol. The van der Waals surface area contributed by atoms with Gasteiger partial charge < -0.3 is 15.0 Å². The lowest BCUT2D eigenvalue weighted by molar-refractivity contribution is 0.0932. The van der Waals surface area contributed by atoms with Crippen molar-refractivity contribution < 1.29 is 9.53 Å². The molecule has 0 bridgehead atoms. The van der Waals surface area contributed by atoms with Crippen molar-refractivity contribution in [1.82, 2.24) is 15.2 Å². The summed E-state index contributed by atoms with van der Waals surface area (Å²) in [6, 6.07) is 3.52. The molecule has 1 aromatic rings. The van der Waals surface area contributed by atoms with Crippen LogP contribution in [0.5, 0.6) is 5.88 Å². The monoisotopic (exact) mass is 291 g/mol. The summed E-state index contributed by atoms with van der Waals surface area (Å²) in [5.41, 5.74) is 0.513. The van der Waals surface area contributed by atoms with Gasteiger partial charge in [-0.25, -0.2) is 4.98 Å². The Kier molecular flexibility index (Phi) is 5.56. The van der Waals surface area contributed by atoms with Crippen molar-refractivity contribution in [1.29, 1.82) is 0 Å². The molecule has 0 aromatic carbocycles. The number of amides is 1. The van der Waals surface area contributed by atoms with Crippen LogP contribution in [0, 0.1) is 5.92 Å². The quantitative estimate of drug-likeness (QED) is 0.901. The minimum absolute atomic E-state index is 0.000307. The van der Waals surface area contributed by atoms with Gasteiger partial charge in [0, 0.05) is 12.7 Å². The maximum Gasteiger partial charge on any atom is 0.256 e. The number of rotatable bonds is 5. The summed E-state index contributed by atoms with van der Waals surface area (Å²) >= 11 is 0. The third-order valence-corrected chi connectivity index (χ3v) is 3.75. The molecule has 0 atom stereocenters. The molecule has 1 aromatic heterocycles. The number of carbonyl (C=O) groups is 1. The van der Waals surface area contributed by atoms with Gasteiger partial charge in [-0.3, -0.25) is 4.79 Å². The van der Waals surface area contributed by atoms with Crippen molar-refractivity contribution in [3.63, 3.8) is 0 Å². The largest absolute Gasteiger partial charge is 0.474 e. The molecule has 1 amide bonds. The molecule has 0 spiro atoms. The standard InChI is InChI=1S/C16H25N3O2/c1-12(2)21-16-14(5-4-8-17-16)15(20)18-11-13-6-9-19(3)10-7-13/h4-5,8,12-13H,6-7,9-11H2,1-3H3,(H,18,20). The smallest absolute Gasteiger partial charge is 0.256 e. The highest BCUT2D eigenvalue weighted by molar-refractivity contribution is 5.96. The summed E-state index contributed by atoms with van der Waals surface area (Å²) in [7, 11) is 2.14. The SMILES string of the molecule is CC(C)Oc1ncccc1C(=O)NCC1CCN(C)CC1. The average molecular weight is 291 g/mol. The lowest BCUT2D eigenvalue weighted by Crippen LogP contribution is -2.37. The van der Waals surface area contributed by atoms with Crippen LogP contribution < -0.4 is 10.1 Å². The van der Waals surface area contributed by atoms with E-state index >= 15 is 0 Å². The van der Waals surface area contributed by atoms with Crippen LogP contribution in [0.15, 0.2) is 18.3 Å². The highest BCUT2D eigenvalue weighted by Crippen LogP contribution is 2.17. The number of hydrogen-bond donors (Lipinski definition) is 1. The van der Waals surface area contributed by atoms with Gasteiger partial charge in [-0.1, -0.05) is 0 Å². The Bertz CT molecular complexity index is 468. The van der Waals surface area contributed by atoms with Gasteiger partial charge in [0.15, 0.2) is 0 Å². The zero-order chi connectivity index (χ0) is 15.2. The van der Waals surface area contributed by atoms with Gasteiger partial charge in [0.2, 0.25) is 5.88 Å². The number of hydrogen-bond acceptors (Lipinski definition) is 4.